The SMILES string of the molecule is Cl.Cl.Cl.Cl.[Cu].[LiH]. The summed E-state index contributed by atoms with van der Waals surface area (Å²) in [6, 6.07) is 0. The molecule has 0 fully saturated rings. The Morgan fingerprint density at radius 3 is 0.500 bits per heavy atom. The van der Waals surface area contributed by atoms with Crippen molar-refractivity contribution in [3.63, 3.8) is 0 Å². The van der Waals surface area contributed by atoms with Crippen LogP contribution in [0.5, 0.6) is 0 Å². The fourth-order valence-corrected chi connectivity index (χ4v) is 0. The second kappa shape index (κ2) is 55.3. The molecule has 45 valence electrons. The Morgan fingerprint density at radius 2 is 0.500 bits per heavy atom. The van der Waals surface area contributed by atoms with Gasteiger partial charge in [-0.15, -0.1) is 49.6 Å². The summed E-state index contributed by atoms with van der Waals surface area (Å²) in [5.41, 5.74) is 0. The Labute approximate surface area is 84.9 Å². The molecule has 0 aromatic rings. The average molecular weight is 217 g/mol. The molecule has 0 aromatic carbocycles. The first kappa shape index (κ1) is 84.5. The summed E-state index contributed by atoms with van der Waals surface area (Å²) in [4.78, 5) is 0. The van der Waals surface area contributed by atoms with Gasteiger partial charge in [0.05, 0.1) is 0 Å². The van der Waals surface area contributed by atoms with E-state index in [4.69, 9.17) is 0 Å². The summed E-state index contributed by atoms with van der Waals surface area (Å²) >= 11 is 0. The predicted octanol–water partition coefficient (Wildman–Crippen LogP) is 1.04. The van der Waals surface area contributed by atoms with Crippen LogP contribution in [0.15, 0.2) is 0 Å². The van der Waals surface area contributed by atoms with E-state index in [1.807, 2.05) is 0 Å². The molecule has 0 amide bonds. The molecule has 0 bridgehead atoms. The van der Waals surface area contributed by atoms with E-state index in [2.05, 4.69) is 0 Å². The van der Waals surface area contributed by atoms with Crippen LogP contribution in [0.25, 0.3) is 0 Å². The number of hydrogen-bond donors (Lipinski definition) is 0. The molecule has 0 spiro atoms. The summed E-state index contributed by atoms with van der Waals surface area (Å²) in [6.45, 7) is 0. The van der Waals surface area contributed by atoms with Crippen LogP contribution in [0, 0.1) is 0 Å². The van der Waals surface area contributed by atoms with Gasteiger partial charge in [-0.25, -0.2) is 0 Å². The molecule has 0 saturated carbocycles. The molecule has 0 aliphatic heterocycles. The van der Waals surface area contributed by atoms with Crippen LogP contribution in [0.4, 0.5) is 0 Å². The molecule has 0 aliphatic rings. The molecule has 0 saturated heterocycles. The molecule has 0 atom stereocenters. The van der Waals surface area contributed by atoms with Gasteiger partial charge in [-0.05, 0) is 0 Å². The van der Waals surface area contributed by atoms with Crippen molar-refractivity contribution in [1.82, 2.24) is 0 Å². The first-order valence-electron chi connectivity index (χ1n) is 0. The van der Waals surface area contributed by atoms with E-state index in [9.17, 15) is 0 Å². The third-order valence-electron chi connectivity index (χ3n) is 0. The summed E-state index contributed by atoms with van der Waals surface area (Å²) in [5.74, 6) is 0. The monoisotopic (exact) mass is 215 g/mol. The molecular formula is H5Cl4CuLi. The van der Waals surface area contributed by atoms with Crippen molar-refractivity contribution in [2.45, 2.75) is 0 Å². The van der Waals surface area contributed by atoms with E-state index in [0.717, 1.165) is 0 Å². The van der Waals surface area contributed by atoms with Crippen LogP contribution < -0.4 is 0 Å². The zero-order valence-electron chi connectivity index (χ0n) is 1.93. The minimum absolute atomic E-state index is 0. The first-order valence-corrected chi connectivity index (χ1v) is 0. The van der Waals surface area contributed by atoms with Crippen molar-refractivity contribution in [3.05, 3.63) is 0 Å². The Hall–Kier alpha value is 2.28. The average Bonchev–Trinajstić information content (AvgIpc) is 0. The molecule has 0 aliphatic carbocycles. The molecule has 0 unspecified atom stereocenters. The van der Waals surface area contributed by atoms with Crippen molar-refractivity contribution in [2.75, 3.05) is 0 Å². The van der Waals surface area contributed by atoms with Crippen LogP contribution in [0.3, 0.4) is 0 Å². The van der Waals surface area contributed by atoms with Crippen molar-refractivity contribution in [3.8, 4) is 0 Å². The fraction of sp³-hybridized carbons (Fsp3) is 0. The Balaban J connectivity index is 0. The maximum absolute atomic E-state index is 0. The van der Waals surface area contributed by atoms with Gasteiger partial charge in [0.1, 0.15) is 0 Å². The van der Waals surface area contributed by atoms with Crippen LogP contribution in [-0.2, 0) is 17.1 Å². The third kappa shape index (κ3) is 33.7. The molecule has 0 nitrogen and oxygen atoms in total. The van der Waals surface area contributed by atoms with Crippen LogP contribution >= 0.6 is 49.6 Å². The van der Waals surface area contributed by atoms with Gasteiger partial charge in [0.2, 0.25) is 0 Å². The summed E-state index contributed by atoms with van der Waals surface area (Å²) in [6.07, 6.45) is 0. The normalized spacial score (nSPS) is 0. The van der Waals surface area contributed by atoms with Gasteiger partial charge in [-0.2, -0.15) is 0 Å². The predicted molar refractivity (Wildman–Crippen MR) is 36.1 cm³/mol. The van der Waals surface area contributed by atoms with Crippen molar-refractivity contribution >= 4 is 68.5 Å². The molecule has 6 heavy (non-hydrogen) atoms. The molecule has 0 aromatic heterocycles. The van der Waals surface area contributed by atoms with E-state index in [1.54, 1.807) is 0 Å². The molecule has 6 heteroatoms. The standard InChI is InChI=1S/4ClH.Cu.Li.H/h4*1H;;;. The molecule has 1 radical (unpaired) electrons. The van der Waals surface area contributed by atoms with Gasteiger partial charge in [0.15, 0.2) is 0 Å². The molecule has 0 N–H and O–H groups in total. The molecule has 0 heterocycles. The van der Waals surface area contributed by atoms with Crippen LogP contribution in [0.2, 0.25) is 0 Å². The van der Waals surface area contributed by atoms with Crippen molar-refractivity contribution < 1.29 is 17.1 Å². The number of rotatable bonds is 0. The summed E-state index contributed by atoms with van der Waals surface area (Å²) in [7, 11) is 0. The van der Waals surface area contributed by atoms with Crippen LogP contribution in [-0.4, -0.2) is 18.9 Å². The molecule has 0 rings (SSSR count). The second-order valence-electron chi connectivity index (χ2n) is 0. The Bertz CT molecular complexity index is 7.51. The van der Waals surface area contributed by atoms with Gasteiger partial charge in [0.25, 0.3) is 0 Å². The van der Waals surface area contributed by atoms with Gasteiger partial charge in [-0.1, -0.05) is 0 Å². The number of halogens is 4. The van der Waals surface area contributed by atoms with Gasteiger partial charge >= 0.3 is 18.9 Å². The number of hydrogen-bond acceptors (Lipinski definition) is 0. The second-order valence-corrected chi connectivity index (χ2v) is 0. The third-order valence-corrected chi connectivity index (χ3v) is 0. The quantitative estimate of drug-likeness (QED) is 0.532. The zero-order chi connectivity index (χ0) is 0. The Morgan fingerprint density at radius 1 is 0.500 bits per heavy atom. The fourth-order valence-electron chi connectivity index (χ4n) is 0. The summed E-state index contributed by atoms with van der Waals surface area (Å²) in [5, 5.41) is 0. The van der Waals surface area contributed by atoms with E-state index in [0.29, 0.717) is 0 Å². The Kier molecular flexibility index (Phi) is 779. The first-order chi connectivity index (χ1) is 0. The van der Waals surface area contributed by atoms with E-state index in [-0.39, 0.29) is 85.6 Å². The summed E-state index contributed by atoms with van der Waals surface area (Å²) < 4.78 is 0. The minimum atomic E-state index is 0. The van der Waals surface area contributed by atoms with Gasteiger partial charge < -0.3 is 0 Å². The topological polar surface area (TPSA) is 0 Å². The zero-order valence-corrected chi connectivity index (χ0v) is 6.14. The van der Waals surface area contributed by atoms with Gasteiger partial charge in [-0.3, -0.25) is 0 Å². The maximum atomic E-state index is 0. The van der Waals surface area contributed by atoms with Crippen LogP contribution in [0.1, 0.15) is 0 Å². The van der Waals surface area contributed by atoms with Crippen molar-refractivity contribution in [1.29, 1.82) is 0 Å². The molecular weight excluding hydrogens is 212 g/mol. The van der Waals surface area contributed by atoms with E-state index < -0.39 is 0 Å². The van der Waals surface area contributed by atoms with E-state index >= 15 is 0 Å². The van der Waals surface area contributed by atoms with E-state index in [1.165, 1.54) is 0 Å². The van der Waals surface area contributed by atoms with Crippen molar-refractivity contribution in [2.24, 2.45) is 0 Å². The van der Waals surface area contributed by atoms with Gasteiger partial charge in [0, 0.05) is 17.1 Å².